The standard InChI is InChI=1S/C15H12O2S/c1-7-4-5-11-10(6-7)12-13(16)8(2)9(3)14(17)15(12)18-11/h4-6H,1-3H3. The summed E-state index contributed by atoms with van der Waals surface area (Å²) >= 11 is 1.42. The first kappa shape index (κ1) is 11.4. The van der Waals surface area contributed by atoms with E-state index in [1.165, 1.54) is 11.3 Å². The number of carbonyl (C=O) groups is 2. The average Bonchev–Trinajstić information content (AvgIpc) is 2.72. The first-order valence-electron chi connectivity index (χ1n) is 5.80. The molecule has 1 aliphatic rings. The Morgan fingerprint density at radius 1 is 0.944 bits per heavy atom. The van der Waals surface area contributed by atoms with Crippen molar-refractivity contribution in [3.63, 3.8) is 0 Å². The Kier molecular flexibility index (Phi) is 2.29. The Morgan fingerprint density at radius 3 is 2.33 bits per heavy atom. The van der Waals surface area contributed by atoms with Gasteiger partial charge in [-0.2, -0.15) is 0 Å². The van der Waals surface area contributed by atoms with Crippen LogP contribution in [0.25, 0.3) is 10.1 Å². The molecule has 0 bridgehead atoms. The molecule has 18 heavy (non-hydrogen) atoms. The van der Waals surface area contributed by atoms with Crippen molar-refractivity contribution in [2.24, 2.45) is 0 Å². The molecule has 0 amide bonds. The largest absolute Gasteiger partial charge is 0.289 e. The lowest BCUT2D eigenvalue weighted by atomic mass is 9.89. The van der Waals surface area contributed by atoms with Gasteiger partial charge in [0.2, 0.25) is 0 Å². The van der Waals surface area contributed by atoms with Crippen LogP contribution in [0.4, 0.5) is 0 Å². The van der Waals surface area contributed by atoms with Crippen LogP contribution in [0.5, 0.6) is 0 Å². The van der Waals surface area contributed by atoms with Gasteiger partial charge in [0.25, 0.3) is 0 Å². The number of thiophene rings is 1. The fourth-order valence-corrected chi connectivity index (χ4v) is 3.47. The first-order valence-corrected chi connectivity index (χ1v) is 6.62. The zero-order chi connectivity index (χ0) is 13.0. The summed E-state index contributed by atoms with van der Waals surface area (Å²) in [5, 5.41) is 0.917. The smallest absolute Gasteiger partial charge is 0.199 e. The minimum atomic E-state index is -0.000972. The fourth-order valence-electron chi connectivity index (χ4n) is 2.30. The zero-order valence-electron chi connectivity index (χ0n) is 10.5. The summed E-state index contributed by atoms with van der Waals surface area (Å²) in [6.07, 6.45) is 0. The van der Waals surface area contributed by atoms with E-state index in [4.69, 9.17) is 0 Å². The Balaban J connectivity index is 2.43. The maximum absolute atomic E-state index is 12.4. The lowest BCUT2D eigenvalue weighted by molar-refractivity contribution is 0.0979. The normalized spacial score (nSPS) is 15.5. The van der Waals surface area contributed by atoms with Gasteiger partial charge in [0.05, 0.1) is 10.4 Å². The van der Waals surface area contributed by atoms with E-state index >= 15 is 0 Å². The predicted octanol–water partition coefficient (Wildman–Crippen LogP) is 3.93. The summed E-state index contributed by atoms with van der Waals surface area (Å²) in [5.74, 6) is -0.0000898. The van der Waals surface area contributed by atoms with Gasteiger partial charge >= 0.3 is 0 Å². The molecule has 2 nitrogen and oxygen atoms in total. The molecule has 3 heteroatoms. The number of Topliss-reactive ketones (excluding diaryl/α,β-unsaturated/α-hetero) is 2. The van der Waals surface area contributed by atoms with Gasteiger partial charge in [-0.3, -0.25) is 9.59 Å². The highest BCUT2D eigenvalue weighted by Crippen LogP contribution is 2.38. The first-order chi connectivity index (χ1) is 8.50. The highest BCUT2D eigenvalue weighted by Gasteiger charge is 2.31. The number of aryl methyl sites for hydroxylation is 1. The van der Waals surface area contributed by atoms with Crippen molar-refractivity contribution in [1.29, 1.82) is 0 Å². The number of hydrogen-bond acceptors (Lipinski definition) is 3. The van der Waals surface area contributed by atoms with Crippen molar-refractivity contribution < 1.29 is 9.59 Å². The van der Waals surface area contributed by atoms with E-state index in [0.29, 0.717) is 21.6 Å². The van der Waals surface area contributed by atoms with E-state index in [2.05, 4.69) is 0 Å². The number of rotatable bonds is 0. The highest BCUT2D eigenvalue weighted by atomic mass is 32.1. The number of ketones is 2. The second-order valence-electron chi connectivity index (χ2n) is 4.71. The van der Waals surface area contributed by atoms with Gasteiger partial charge < -0.3 is 0 Å². The number of hydrogen-bond donors (Lipinski definition) is 0. The van der Waals surface area contributed by atoms with Crippen molar-refractivity contribution in [1.82, 2.24) is 0 Å². The van der Waals surface area contributed by atoms with Crippen molar-refractivity contribution in [3.05, 3.63) is 45.3 Å². The van der Waals surface area contributed by atoms with Gasteiger partial charge in [0.15, 0.2) is 11.6 Å². The SMILES string of the molecule is CC1=C(C)C(=O)c2c(sc3ccc(C)cc23)C1=O. The Labute approximate surface area is 109 Å². The molecule has 3 rings (SSSR count). The third kappa shape index (κ3) is 1.34. The number of allylic oxidation sites excluding steroid dienone is 2. The van der Waals surface area contributed by atoms with E-state index in [0.717, 1.165) is 15.6 Å². The lowest BCUT2D eigenvalue weighted by Gasteiger charge is -2.13. The van der Waals surface area contributed by atoms with E-state index in [1.54, 1.807) is 13.8 Å². The number of fused-ring (bicyclic) bond motifs is 3. The van der Waals surface area contributed by atoms with Crippen LogP contribution in [0.15, 0.2) is 29.3 Å². The summed E-state index contributed by atoms with van der Waals surface area (Å²) in [6, 6.07) is 5.98. The van der Waals surface area contributed by atoms with Gasteiger partial charge in [-0.1, -0.05) is 11.6 Å². The van der Waals surface area contributed by atoms with Crippen LogP contribution in [0.1, 0.15) is 39.4 Å². The molecule has 1 heterocycles. The van der Waals surface area contributed by atoms with Crippen molar-refractivity contribution in [3.8, 4) is 0 Å². The Bertz CT molecular complexity index is 747. The minimum Gasteiger partial charge on any atom is -0.289 e. The second kappa shape index (κ2) is 3.62. The van der Waals surface area contributed by atoms with Crippen LogP contribution >= 0.6 is 11.3 Å². The molecule has 0 atom stereocenters. The average molecular weight is 256 g/mol. The lowest BCUT2D eigenvalue weighted by Crippen LogP contribution is -2.17. The molecule has 0 fully saturated rings. The quantitative estimate of drug-likeness (QED) is 0.715. The molecule has 0 radical (unpaired) electrons. The fraction of sp³-hybridized carbons (Fsp3) is 0.200. The molecule has 0 aliphatic heterocycles. The second-order valence-corrected chi connectivity index (χ2v) is 5.77. The Morgan fingerprint density at radius 2 is 1.61 bits per heavy atom. The van der Waals surface area contributed by atoms with Crippen LogP contribution < -0.4 is 0 Å². The Hall–Kier alpha value is -1.74. The van der Waals surface area contributed by atoms with Crippen LogP contribution in [-0.2, 0) is 0 Å². The van der Waals surface area contributed by atoms with E-state index in [1.807, 2.05) is 25.1 Å². The van der Waals surface area contributed by atoms with Gasteiger partial charge in [-0.25, -0.2) is 0 Å². The van der Waals surface area contributed by atoms with Crippen molar-refractivity contribution >= 4 is 33.0 Å². The molecular formula is C15H12O2S. The summed E-state index contributed by atoms with van der Waals surface area (Å²) in [5.41, 5.74) is 2.86. The molecule has 2 aromatic rings. The van der Waals surface area contributed by atoms with Crippen molar-refractivity contribution in [2.75, 3.05) is 0 Å². The highest BCUT2D eigenvalue weighted by molar-refractivity contribution is 7.21. The summed E-state index contributed by atoms with van der Waals surface area (Å²) in [4.78, 5) is 25.2. The molecular weight excluding hydrogens is 244 g/mol. The van der Waals surface area contributed by atoms with Crippen LogP contribution in [-0.4, -0.2) is 11.6 Å². The number of benzene rings is 1. The van der Waals surface area contributed by atoms with Crippen LogP contribution in [0, 0.1) is 6.92 Å². The third-order valence-electron chi connectivity index (χ3n) is 3.52. The molecule has 1 aliphatic carbocycles. The topological polar surface area (TPSA) is 34.1 Å². The molecule has 0 N–H and O–H groups in total. The summed E-state index contributed by atoms with van der Waals surface area (Å²) in [6.45, 7) is 5.46. The number of carbonyl (C=O) groups excluding carboxylic acids is 2. The van der Waals surface area contributed by atoms with Gasteiger partial charge in [-0.15, -0.1) is 11.3 Å². The maximum Gasteiger partial charge on any atom is 0.199 e. The maximum atomic E-state index is 12.4. The van der Waals surface area contributed by atoms with Crippen LogP contribution in [0.3, 0.4) is 0 Å². The molecule has 0 spiro atoms. The van der Waals surface area contributed by atoms with Crippen molar-refractivity contribution in [2.45, 2.75) is 20.8 Å². The van der Waals surface area contributed by atoms with Gasteiger partial charge in [-0.05, 0) is 32.9 Å². The summed E-state index contributed by atoms with van der Waals surface area (Å²) < 4.78 is 1.01. The molecule has 0 saturated carbocycles. The molecule has 0 saturated heterocycles. The third-order valence-corrected chi connectivity index (χ3v) is 4.69. The molecule has 90 valence electrons. The molecule has 1 aromatic heterocycles. The van der Waals surface area contributed by atoms with Gasteiger partial charge in [0.1, 0.15) is 0 Å². The minimum absolute atomic E-state index is 0.000882. The molecule has 1 aromatic carbocycles. The van der Waals surface area contributed by atoms with E-state index in [-0.39, 0.29) is 11.6 Å². The molecule has 0 unspecified atom stereocenters. The monoisotopic (exact) mass is 256 g/mol. The predicted molar refractivity (Wildman–Crippen MR) is 73.6 cm³/mol. The van der Waals surface area contributed by atoms with Crippen LogP contribution in [0.2, 0.25) is 0 Å². The van der Waals surface area contributed by atoms with E-state index < -0.39 is 0 Å². The van der Waals surface area contributed by atoms with E-state index in [9.17, 15) is 9.59 Å². The zero-order valence-corrected chi connectivity index (χ0v) is 11.3. The van der Waals surface area contributed by atoms with Gasteiger partial charge in [0, 0.05) is 21.2 Å². The summed E-state index contributed by atoms with van der Waals surface area (Å²) in [7, 11) is 0.